The number of nitrogens with zero attached hydrogens (tertiary/aromatic N) is 1. The first-order chi connectivity index (χ1) is 8.92. The normalized spacial score (nSPS) is 21.8. The maximum absolute atomic E-state index is 5.23. The van der Waals surface area contributed by atoms with Crippen molar-refractivity contribution in [3.8, 4) is 0 Å². The highest BCUT2D eigenvalue weighted by Gasteiger charge is 2.19. The molecule has 0 radical (unpaired) electrons. The lowest BCUT2D eigenvalue weighted by Gasteiger charge is -2.27. The summed E-state index contributed by atoms with van der Waals surface area (Å²) >= 11 is 0. The summed E-state index contributed by atoms with van der Waals surface area (Å²) in [7, 11) is 0. The van der Waals surface area contributed by atoms with E-state index in [9.17, 15) is 0 Å². The highest BCUT2D eigenvalue weighted by molar-refractivity contribution is 5.26. The summed E-state index contributed by atoms with van der Waals surface area (Å²) in [6, 6.07) is 9.13. The Morgan fingerprint density at radius 3 is 2.44 bits per heavy atom. The average molecular weight is 246 g/mol. The zero-order valence-electron chi connectivity index (χ0n) is 10.9. The van der Waals surface area contributed by atoms with E-state index in [1.165, 1.54) is 37.2 Å². The van der Waals surface area contributed by atoms with E-state index in [1.807, 2.05) is 0 Å². The van der Waals surface area contributed by atoms with Crippen LogP contribution in [0.1, 0.15) is 17.0 Å². The molecule has 0 aliphatic carbocycles. The van der Waals surface area contributed by atoms with Gasteiger partial charge in [0.05, 0.1) is 13.2 Å². The molecule has 1 aromatic carbocycles. The molecule has 0 spiro atoms. The third-order valence-corrected chi connectivity index (χ3v) is 4.02. The molecule has 2 aliphatic rings. The summed E-state index contributed by atoms with van der Waals surface area (Å²) in [6.45, 7) is 7.66. The van der Waals surface area contributed by atoms with Gasteiger partial charge in [-0.05, 0) is 17.5 Å². The van der Waals surface area contributed by atoms with Crippen LogP contribution in [0.25, 0.3) is 0 Å². The van der Waals surface area contributed by atoms with Crippen LogP contribution in [0.2, 0.25) is 0 Å². The van der Waals surface area contributed by atoms with Crippen LogP contribution < -0.4 is 5.32 Å². The van der Waals surface area contributed by atoms with Crippen LogP contribution in [-0.2, 0) is 11.2 Å². The van der Waals surface area contributed by atoms with E-state index in [1.54, 1.807) is 0 Å². The van der Waals surface area contributed by atoms with Crippen molar-refractivity contribution in [2.75, 3.05) is 45.9 Å². The summed E-state index contributed by atoms with van der Waals surface area (Å²) in [5.41, 5.74) is 2.89. The maximum atomic E-state index is 5.23. The Bertz CT molecular complexity index is 367. The molecule has 1 N–H and O–H groups in total. The van der Waals surface area contributed by atoms with Crippen molar-refractivity contribution in [2.45, 2.75) is 12.3 Å². The van der Waals surface area contributed by atoms with E-state index < -0.39 is 0 Å². The van der Waals surface area contributed by atoms with Gasteiger partial charge in [-0.25, -0.2) is 0 Å². The first kappa shape index (κ1) is 12.2. The molecule has 2 saturated heterocycles. The van der Waals surface area contributed by atoms with Crippen LogP contribution in [0.3, 0.4) is 0 Å². The number of nitrogens with one attached hydrogen (secondary N) is 1. The molecular formula is C15H22N2O. The molecule has 98 valence electrons. The van der Waals surface area contributed by atoms with Gasteiger partial charge in [-0.1, -0.05) is 24.3 Å². The largest absolute Gasteiger partial charge is 0.380 e. The minimum atomic E-state index is 0.646. The van der Waals surface area contributed by atoms with Gasteiger partial charge in [-0.2, -0.15) is 0 Å². The fourth-order valence-corrected chi connectivity index (χ4v) is 2.61. The van der Waals surface area contributed by atoms with Gasteiger partial charge in [0.1, 0.15) is 0 Å². The van der Waals surface area contributed by atoms with Crippen molar-refractivity contribution >= 4 is 0 Å². The third-order valence-electron chi connectivity index (χ3n) is 4.02. The minimum Gasteiger partial charge on any atom is -0.380 e. The first-order valence-electron chi connectivity index (χ1n) is 7.01. The van der Waals surface area contributed by atoms with Crippen LogP contribution in [0.4, 0.5) is 0 Å². The molecule has 2 heterocycles. The zero-order valence-corrected chi connectivity index (χ0v) is 10.9. The van der Waals surface area contributed by atoms with E-state index in [2.05, 4.69) is 34.5 Å². The van der Waals surface area contributed by atoms with E-state index in [0.717, 1.165) is 26.3 Å². The molecule has 0 aromatic heterocycles. The summed E-state index contributed by atoms with van der Waals surface area (Å²) in [5.74, 6) is 0.646. The van der Waals surface area contributed by atoms with Gasteiger partial charge in [0.15, 0.2) is 0 Å². The zero-order chi connectivity index (χ0) is 12.2. The average Bonchev–Trinajstić information content (AvgIpc) is 2.37. The Morgan fingerprint density at radius 2 is 1.83 bits per heavy atom. The molecular weight excluding hydrogens is 224 g/mol. The molecule has 2 aliphatic heterocycles. The first-order valence-corrected chi connectivity index (χ1v) is 7.01. The summed E-state index contributed by atoms with van der Waals surface area (Å²) in [5, 5.41) is 3.39. The number of hydrogen-bond donors (Lipinski definition) is 1. The molecule has 0 amide bonds. The van der Waals surface area contributed by atoms with Gasteiger partial charge in [0.25, 0.3) is 0 Å². The third kappa shape index (κ3) is 2.91. The highest BCUT2D eigenvalue weighted by atomic mass is 16.5. The molecule has 0 atom stereocenters. The Kier molecular flexibility index (Phi) is 3.93. The van der Waals surface area contributed by atoms with Gasteiger partial charge in [-0.15, -0.1) is 0 Å². The Labute approximate surface area is 109 Å². The van der Waals surface area contributed by atoms with Crippen molar-refractivity contribution < 1.29 is 4.74 Å². The molecule has 3 heteroatoms. The molecule has 2 fully saturated rings. The topological polar surface area (TPSA) is 24.5 Å². The van der Waals surface area contributed by atoms with Crippen LogP contribution in [0.15, 0.2) is 24.3 Å². The second-order valence-corrected chi connectivity index (χ2v) is 5.32. The molecule has 0 bridgehead atoms. The van der Waals surface area contributed by atoms with Crippen molar-refractivity contribution in [1.82, 2.24) is 10.2 Å². The van der Waals surface area contributed by atoms with E-state index >= 15 is 0 Å². The van der Waals surface area contributed by atoms with Crippen molar-refractivity contribution in [2.24, 2.45) is 0 Å². The monoisotopic (exact) mass is 246 g/mol. The van der Waals surface area contributed by atoms with Gasteiger partial charge in [-0.3, -0.25) is 0 Å². The SMILES string of the molecule is c1cc(C2COC2)ccc1CCN1CCNCC1. The molecule has 1 aromatic rings. The lowest BCUT2D eigenvalue weighted by atomic mass is 9.96. The standard InChI is InChI=1S/C15H22N2O/c1-3-14(15-11-18-12-15)4-2-13(1)5-8-17-9-6-16-7-10-17/h1-4,15-16H,5-12H2. The Morgan fingerprint density at radius 1 is 1.11 bits per heavy atom. The van der Waals surface area contributed by atoms with Gasteiger partial charge in [0.2, 0.25) is 0 Å². The maximum Gasteiger partial charge on any atom is 0.0557 e. The lowest BCUT2D eigenvalue weighted by Crippen LogP contribution is -2.44. The number of rotatable bonds is 4. The number of piperazine rings is 1. The molecule has 0 unspecified atom stereocenters. The quantitative estimate of drug-likeness (QED) is 0.865. The number of benzene rings is 1. The fraction of sp³-hybridized carbons (Fsp3) is 0.600. The second-order valence-electron chi connectivity index (χ2n) is 5.32. The highest BCUT2D eigenvalue weighted by Crippen LogP contribution is 2.24. The summed E-state index contributed by atoms with van der Waals surface area (Å²) in [6.07, 6.45) is 1.17. The van der Waals surface area contributed by atoms with Crippen molar-refractivity contribution in [3.63, 3.8) is 0 Å². The Hall–Kier alpha value is -0.900. The number of ether oxygens (including phenoxy) is 1. The van der Waals surface area contributed by atoms with E-state index in [0.29, 0.717) is 5.92 Å². The minimum absolute atomic E-state index is 0.646. The van der Waals surface area contributed by atoms with E-state index in [-0.39, 0.29) is 0 Å². The van der Waals surface area contributed by atoms with Crippen molar-refractivity contribution in [3.05, 3.63) is 35.4 Å². The fourth-order valence-electron chi connectivity index (χ4n) is 2.61. The van der Waals surface area contributed by atoms with Crippen LogP contribution >= 0.6 is 0 Å². The summed E-state index contributed by atoms with van der Waals surface area (Å²) < 4.78 is 5.23. The summed E-state index contributed by atoms with van der Waals surface area (Å²) in [4.78, 5) is 2.55. The predicted octanol–water partition coefficient (Wildman–Crippen LogP) is 1.25. The lowest BCUT2D eigenvalue weighted by molar-refractivity contribution is 0.00841. The Balaban J connectivity index is 1.49. The van der Waals surface area contributed by atoms with Crippen LogP contribution in [-0.4, -0.2) is 50.8 Å². The van der Waals surface area contributed by atoms with Gasteiger partial charge in [0, 0.05) is 38.6 Å². The van der Waals surface area contributed by atoms with Crippen molar-refractivity contribution in [1.29, 1.82) is 0 Å². The predicted molar refractivity (Wildman–Crippen MR) is 73.0 cm³/mol. The van der Waals surface area contributed by atoms with Gasteiger partial charge < -0.3 is 15.0 Å². The molecule has 18 heavy (non-hydrogen) atoms. The smallest absolute Gasteiger partial charge is 0.0557 e. The van der Waals surface area contributed by atoms with Gasteiger partial charge >= 0.3 is 0 Å². The second kappa shape index (κ2) is 5.83. The van der Waals surface area contributed by atoms with Crippen LogP contribution in [0.5, 0.6) is 0 Å². The van der Waals surface area contributed by atoms with Crippen LogP contribution in [0, 0.1) is 0 Å². The molecule has 0 saturated carbocycles. The molecule has 3 nitrogen and oxygen atoms in total. The molecule has 3 rings (SSSR count). The van der Waals surface area contributed by atoms with E-state index in [4.69, 9.17) is 4.74 Å². The number of hydrogen-bond acceptors (Lipinski definition) is 3.